The molecule has 1 aliphatic rings. The maximum absolute atomic E-state index is 12.4. The number of benzene rings is 2. The van der Waals surface area contributed by atoms with Crippen molar-refractivity contribution in [3.05, 3.63) is 89.9 Å². The fraction of sp³-hybridized carbons (Fsp3) is 0.303. The molecule has 204 valence electrons. The van der Waals surface area contributed by atoms with Crippen LogP contribution in [0.4, 0.5) is 5.69 Å². The SMILES string of the molecule is CCOC(=O)c1cc2cc(-c3cc(NCc4ccc(CN5CCCCC5)cc4)c4cnccc4n3)ccc2n1C. The smallest absolute Gasteiger partial charge is 0.354 e. The van der Waals surface area contributed by atoms with Crippen LogP contribution in [0.1, 0.15) is 47.8 Å². The molecule has 2 aromatic carbocycles. The van der Waals surface area contributed by atoms with Crippen LogP contribution in [-0.2, 0) is 24.9 Å². The number of aromatic nitrogens is 3. The van der Waals surface area contributed by atoms with Gasteiger partial charge in [0.15, 0.2) is 0 Å². The molecule has 5 aromatic rings. The van der Waals surface area contributed by atoms with Gasteiger partial charge in [-0.05, 0) is 74.3 Å². The zero-order chi connectivity index (χ0) is 27.5. The zero-order valence-electron chi connectivity index (χ0n) is 23.2. The van der Waals surface area contributed by atoms with E-state index in [9.17, 15) is 4.79 Å². The number of rotatable bonds is 8. The van der Waals surface area contributed by atoms with Gasteiger partial charge in [0.25, 0.3) is 0 Å². The lowest BCUT2D eigenvalue weighted by atomic mass is 10.1. The number of nitrogens with zero attached hydrogens (tertiary/aromatic N) is 4. The number of esters is 1. The van der Waals surface area contributed by atoms with Gasteiger partial charge in [-0.15, -0.1) is 0 Å². The van der Waals surface area contributed by atoms with E-state index in [0.29, 0.717) is 18.8 Å². The van der Waals surface area contributed by atoms with E-state index in [0.717, 1.165) is 45.3 Å². The second-order valence-corrected chi connectivity index (χ2v) is 10.5. The molecule has 1 aliphatic heterocycles. The van der Waals surface area contributed by atoms with Gasteiger partial charge >= 0.3 is 5.97 Å². The van der Waals surface area contributed by atoms with Crippen LogP contribution < -0.4 is 5.32 Å². The lowest BCUT2D eigenvalue weighted by Gasteiger charge is -2.26. The maximum atomic E-state index is 12.4. The number of piperidine rings is 1. The Hall–Kier alpha value is -4.23. The van der Waals surface area contributed by atoms with Gasteiger partial charge in [-0.3, -0.25) is 9.88 Å². The molecular weight excluding hydrogens is 498 g/mol. The molecule has 0 radical (unpaired) electrons. The molecule has 4 heterocycles. The van der Waals surface area contributed by atoms with Crippen LogP contribution in [-0.4, -0.2) is 45.1 Å². The molecule has 0 atom stereocenters. The topological polar surface area (TPSA) is 72.3 Å². The monoisotopic (exact) mass is 533 g/mol. The highest BCUT2D eigenvalue weighted by molar-refractivity contribution is 5.98. The first kappa shape index (κ1) is 26.0. The highest BCUT2D eigenvalue weighted by Crippen LogP contribution is 2.31. The number of anilines is 1. The molecule has 0 aliphatic carbocycles. The van der Waals surface area contributed by atoms with Gasteiger partial charge in [-0.25, -0.2) is 9.78 Å². The Morgan fingerprint density at radius 2 is 1.77 bits per heavy atom. The number of likely N-dealkylation sites (tertiary alicyclic amines) is 1. The molecule has 7 heteroatoms. The van der Waals surface area contributed by atoms with E-state index in [-0.39, 0.29) is 5.97 Å². The minimum atomic E-state index is -0.315. The summed E-state index contributed by atoms with van der Waals surface area (Å²) in [6.07, 6.45) is 7.62. The third kappa shape index (κ3) is 5.42. The van der Waals surface area contributed by atoms with Crippen molar-refractivity contribution in [2.24, 2.45) is 7.05 Å². The fourth-order valence-corrected chi connectivity index (χ4v) is 5.61. The Morgan fingerprint density at radius 1 is 0.975 bits per heavy atom. The van der Waals surface area contributed by atoms with Crippen molar-refractivity contribution in [1.82, 2.24) is 19.4 Å². The first-order valence-corrected chi connectivity index (χ1v) is 14.1. The lowest BCUT2D eigenvalue weighted by molar-refractivity contribution is 0.0516. The average Bonchev–Trinajstić information content (AvgIpc) is 3.33. The van der Waals surface area contributed by atoms with Crippen LogP contribution >= 0.6 is 0 Å². The first-order chi connectivity index (χ1) is 19.6. The zero-order valence-corrected chi connectivity index (χ0v) is 23.2. The molecule has 0 saturated carbocycles. The van der Waals surface area contributed by atoms with Crippen LogP contribution in [0, 0.1) is 0 Å². The second kappa shape index (κ2) is 11.5. The molecule has 1 N–H and O–H groups in total. The summed E-state index contributed by atoms with van der Waals surface area (Å²) < 4.78 is 7.11. The van der Waals surface area contributed by atoms with Crippen molar-refractivity contribution in [2.75, 3.05) is 25.0 Å². The molecule has 7 nitrogen and oxygen atoms in total. The summed E-state index contributed by atoms with van der Waals surface area (Å²) in [5.74, 6) is -0.315. The second-order valence-electron chi connectivity index (χ2n) is 10.5. The summed E-state index contributed by atoms with van der Waals surface area (Å²) in [6, 6.07) is 21.0. The number of hydrogen-bond acceptors (Lipinski definition) is 6. The molecule has 40 heavy (non-hydrogen) atoms. The molecular formula is C33H35N5O2. The van der Waals surface area contributed by atoms with E-state index < -0.39 is 0 Å². The van der Waals surface area contributed by atoms with Gasteiger partial charge in [0.1, 0.15) is 5.69 Å². The average molecular weight is 534 g/mol. The number of nitrogens with one attached hydrogen (secondary N) is 1. The van der Waals surface area contributed by atoms with E-state index in [1.165, 1.54) is 43.5 Å². The van der Waals surface area contributed by atoms with Gasteiger partial charge in [0, 0.05) is 60.1 Å². The van der Waals surface area contributed by atoms with Crippen LogP contribution in [0.25, 0.3) is 33.1 Å². The number of pyridine rings is 2. The number of carbonyl (C=O) groups is 1. The Kier molecular flexibility index (Phi) is 7.47. The molecule has 0 unspecified atom stereocenters. The number of hydrogen-bond donors (Lipinski definition) is 1. The van der Waals surface area contributed by atoms with E-state index in [1.54, 1.807) is 6.20 Å². The standard InChI is InChI=1S/C33H35N5O2/c1-3-40-33(39)32-18-26-17-25(11-12-31(26)37(32)2)29-19-30(27-21-34-14-13-28(27)36-29)35-20-23-7-9-24(10-8-23)22-38-15-5-4-6-16-38/h7-14,17-19,21H,3-6,15-16,20,22H2,1-2H3,(H,35,36). The lowest BCUT2D eigenvalue weighted by Crippen LogP contribution is -2.29. The van der Waals surface area contributed by atoms with E-state index in [4.69, 9.17) is 9.72 Å². The molecule has 3 aromatic heterocycles. The summed E-state index contributed by atoms with van der Waals surface area (Å²) in [7, 11) is 1.89. The van der Waals surface area contributed by atoms with E-state index in [1.807, 2.05) is 42.9 Å². The largest absolute Gasteiger partial charge is 0.461 e. The van der Waals surface area contributed by atoms with Crippen molar-refractivity contribution in [3.8, 4) is 11.3 Å². The molecule has 1 fully saturated rings. The summed E-state index contributed by atoms with van der Waals surface area (Å²) in [6.45, 7) is 6.32. The summed E-state index contributed by atoms with van der Waals surface area (Å²) in [5.41, 5.74) is 7.83. The van der Waals surface area contributed by atoms with E-state index in [2.05, 4.69) is 57.7 Å². The van der Waals surface area contributed by atoms with Crippen molar-refractivity contribution in [1.29, 1.82) is 0 Å². The Labute approximate surface area is 234 Å². The molecule has 0 amide bonds. The molecule has 6 rings (SSSR count). The fourth-order valence-electron chi connectivity index (χ4n) is 5.61. The van der Waals surface area contributed by atoms with Gasteiger partial charge in [0.05, 0.1) is 17.8 Å². The summed E-state index contributed by atoms with van der Waals surface area (Å²) in [5, 5.41) is 5.59. The van der Waals surface area contributed by atoms with Gasteiger partial charge in [0.2, 0.25) is 0 Å². The van der Waals surface area contributed by atoms with Crippen LogP contribution in [0.2, 0.25) is 0 Å². The predicted molar refractivity (Wildman–Crippen MR) is 160 cm³/mol. The first-order valence-electron chi connectivity index (χ1n) is 14.1. The third-order valence-electron chi connectivity index (χ3n) is 7.79. The van der Waals surface area contributed by atoms with Crippen molar-refractivity contribution in [3.63, 3.8) is 0 Å². The van der Waals surface area contributed by atoms with Crippen LogP contribution in [0.5, 0.6) is 0 Å². The van der Waals surface area contributed by atoms with Crippen molar-refractivity contribution in [2.45, 2.75) is 39.3 Å². The molecule has 0 bridgehead atoms. The normalized spacial score (nSPS) is 14.1. The van der Waals surface area contributed by atoms with Crippen molar-refractivity contribution >= 4 is 33.5 Å². The molecule has 1 saturated heterocycles. The van der Waals surface area contributed by atoms with Gasteiger partial charge in [-0.1, -0.05) is 36.8 Å². The molecule has 0 spiro atoms. The Balaban J connectivity index is 1.25. The predicted octanol–water partition coefficient (Wildman–Crippen LogP) is 6.56. The Bertz CT molecular complexity index is 1650. The van der Waals surface area contributed by atoms with Gasteiger partial charge < -0.3 is 14.6 Å². The number of ether oxygens (including phenoxy) is 1. The van der Waals surface area contributed by atoms with Crippen molar-refractivity contribution < 1.29 is 9.53 Å². The Morgan fingerprint density at radius 3 is 2.58 bits per heavy atom. The quantitative estimate of drug-likeness (QED) is 0.228. The summed E-state index contributed by atoms with van der Waals surface area (Å²) in [4.78, 5) is 24.3. The number of aryl methyl sites for hydroxylation is 1. The number of fused-ring (bicyclic) bond motifs is 2. The van der Waals surface area contributed by atoms with Crippen LogP contribution in [0.15, 0.2) is 73.1 Å². The maximum Gasteiger partial charge on any atom is 0.354 e. The minimum absolute atomic E-state index is 0.315. The van der Waals surface area contributed by atoms with Crippen LogP contribution in [0.3, 0.4) is 0 Å². The van der Waals surface area contributed by atoms with Gasteiger partial charge in [-0.2, -0.15) is 0 Å². The van der Waals surface area contributed by atoms with E-state index >= 15 is 0 Å². The highest BCUT2D eigenvalue weighted by atomic mass is 16.5. The summed E-state index contributed by atoms with van der Waals surface area (Å²) >= 11 is 0. The number of carbonyl (C=O) groups excluding carboxylic acids is 1. The third-order valence-corrected chi connectivity index (χ3v) is 7.79. The highest BCUT2D eigenvalue weighted by Gasteiger charge is 2.16. The minimum Gasteiger partial charge on any atom is -0.461 e.